The Kier molecular flexibility index (Phi) is 7.26. The van der Waals surface area contributed by atoms with Crippen LogP contribution >= 0.6 is 11.8 Å². The van der Waals surface area contributed by atoms with E-state index in [9.17, 15) is 9.18 Å². The highest BCUT2D eigenvalue weighted by molar-refractivity contribution is 8.00. The predicted octanol–water partition coefficient (Wildman–Crippen LogP) is 2.08. The van der Waals surface area contributed by atoms with E-state index >= 15 is 0 Å². The fourth-order valence-electron chi connectivity index (χ4n) is 3.54. The van der Waals surface area contributed by atoms with Gasteiger partial charge < -0.3 is 15.0 Å². The second-order valence-electron chi connectivity index (χ2n) is 6.76. The lowest BCUT2D eigenvalue weighted by Crippen LogP contribution is -3.15. The van der Waals surface area contributed by atoms with Crippen LogP contribution in [-0.2, 0) is 9.53 Å². The van der Waals surface area contributed by atoms with E-state index in [1.807, 2.05) is 18.2 Å². The number of carbonyl (C=O) groups excluding carboxylic acids is 1. The standard InChI is InChI=1S/C21H25FN2O2S/c1-16(23-20(25)15-27-19-9-7-18(22)8-10-19)21(17-5-3-2-4-6-17)24-11-13-26-14-12-24/h2-10,16,21H,11-15H2,1H3,(H,23,25)/p+1/t16-,21+/m1/s1. The third kappa shape index (κ3) is 5.79. The zero-order chi connectivity index (χ0) is 19.1. The van der Waals surface area contributed by atoms with Crippen molar-refractivity contribution in [3.8, 4) is 0 Å². The number of carbonyl (C=O) groups is 1. The summed E-state index contributed by atoms with van der Waals surface area (Å²) in [4.78, 5) is 14.8. The van der Waals surface area contributed by atoms with Crippen LogP contribution in [0.3, 0.4) is 0 Å². The van der Waals surface area contributed by atoms with Gasteiger partial charge in [0.2, 0.25) is 5.91 Å². The van der Waals surface area contributed by atoms with Crippen molar-refractivity contribution >= 4 is 17.7 Å². The molecule has 144 valence electrons. The molecule has 3 rings (SSSR count). The van der Waals surface area contributed by atoms with Crippen LogP contribution in [0.4, 0.5) is 4.39 Å². The molecule has 27 heavy (non-hydrogen) atoms. The average Bonchev–Trinajstić information content (AvgIpc) is 2.69. The Balaban J connectivity index is 1.61. The fourth-order valence-corrected chi connectivity index (χ4v) is 4.25. The highest BCUT2D eigenvalue weighted by atomic mass is 32.2. The molecule has 6 heteroatoms. The summed E-state index contributed by atoms with van der Waals surface area (Å²) in [6.07, 6.45) is 0. The molecule has 1 fully saturated rings. The quantitative estimate of drug-likeness (QED) is 0.713. The van der Waals surface area contributed by atoms with Gasteiger partial charge in [0.15, 0.2) is 0 Å². The number of hydrogen-bond donors (Lipinski definition) is 2. The van der Waals surface area contributed by atoms with Crippen LogP contribution < -0.4 is 10.2 Å². The molecule has 1 aliphatic rings. The topological polar surface area (TPSA) is 42.8 Å². The molecule has 2 atom stereocenters. The van der Waals surface area contributed by atoms with Gasteiger partial charge in [-0.05, 0) is 31.2 Å². The van der Waals surface area contributed by atoms with Gasteiger partial charge in [-0.2, -0.15) is 0 Å². The number of hydrogen-bond acceptors (Lipinski definition) is 3. The van der Waals surface area contributed by atoms with E-state index in [0.29, 0.717) is 5.75 Å². The lowest BCUT2D eigenvalue weighted by atomic mass is 9.98. The van der Waals surface area contributed by atoms with Crippen LogP contribution in [0, 0.1) is 5.82 Å². The van der Waals surface area contributed by atoms with E-state index < -0.39 is 0 Å². The molecular formula is C21H26FN2O2S+. The molecule has 1 saturated heterocycles. The first kappa shape index (κ1) is 19.9. The summed E-state index contributed by atoms with van der Waals surface area (Å²) in [6, 6.07) is 16.8. The van der Waals surface area contributed by atoms with Crippen LogP contribution in [0.5, 0.6) is 0 Å². The molecular weight excluding hydrogens is 363 g/mol. The molecule has 1 aliphatic heterocycles. The molecule has 0 unspecified atom stereocenters. The summed E-state index contributed by atoms with van der Waals surface area (Å²) in [7, 11) is 0. The zero-order valence-corrected chi connectivity index (χ0v) is 16.3. The summed E-state index contributed by atoms with van der Waals surface area (Å²) < 4.78 is 18.5. The Morgan fingerprint density at radius 1 is 1.15 bits per heavy atom. The van der Waals surface area contributed by atoms with Crippen molar-refractivity contribution in [1.29, 1.82) is 0 Å². The molecule has 0 aromatic heterocycles. The minimum atomic E-state index is -0.267. The van der Waals surface area contributed by atoms with Gasteiger partial charge in [0, 0.05) is 10.5 Å². The van der Waals surface area contributed by atoms with Crippen LogP contribution in [0.25, 0.3) is 0 Å². The second kappa shape index (κ2) is 9.88. The number of ether oxygens (including phenoxy) is 1. The van der Waals surface area contributed by atoms with Crippen LogP contribution in [-0.4, -0.2) is 44.0 Å². The third-order valence-corrected chi connectivity index (χ3v) is 5.82. The first-order valence-corrected chi connectivity index (χ1v) is 10.3. The van der Waals surface area contributed by atoms with Crippen molar-refractivity contribution in [3.63, 3.8) is 0 Å². The van der Waals surface area contributed by atoms with E-state index in [2.05, 4.69) is 24.4 Å². The van der Waals surface area contributed by atoms with E-state index in [1.54, 1.807) is 12.1 Å². The molecule has 2 aromatic carbocycles. The maximum absolute atomic E-state index is 13.0. The second-order valence-corrected chi connectivity index (χ2v) is 7.81. The minimum Gasteiger partial charge on any atom is -0.370 e. The third-order valence-electron chi connectivity index (χ3n) is 4.81. The predicted molar refractivity (Wildman–Crippen MR) is 105 cm³/mol. The smallest absolute Gasteiger partial charge is 0.230 e. The lowest BCUT2D eigenvalue weighted by molar-refractivity contribution is -0.940. The summed E-state index contributed by atoms with van der Waals surface area (Å²) >= 11 is 1.42. The van der Waals surface area contributed by atoms with E-state index in [1.165, 1.54) is 34.4 Å². The average molecular weight is 390 g/mol. The minimum absolute atomic E-state index is 0.00168. The van der Waals surface area contributed by atoms with E-state index in [4.69, 9.17) is 4.74 Å². The Hall–Kier alpha value is -1.89. The van der Waals surface area contributed by atoms with Gasteiger partial charge in [-0.15, -0.1) is 11.8 Å². The van der Waals surface area contributed by atoms with Crippen LogP contribution in [0.2, 0.25) is 0 Å². The summed E-state index contributed by atoms with van der Waals surface area (Å²) in [6.45, 7) is 5.44. The van der Waals surface area contributed by atoms with Crippen molar-refractivity contribution in [2.75, 3.05) is 32.1 Å². The summed E-state index contributed by atoms with van der Waals surface area (Å²) in [5.41, 5.74) is 1.23. The first-order chi connectivity index (χ1) is 13.1. The van der Waals surface area contributed by atoms with Gasteiger partial charge in [0.05, 0.1) is 25.0 Å². The van der Waals surface area contributed by atoms with Gasteiger partial charge in [0.1, 0.15) is 24.9 Å². The van der Waals surface area contributed by atoms with Gasteiger partial charge in [-0.1, -0.05) is 30.3 Å². The number of nitrogens with one attached hydrogen (secondary N) is 2. The molecule has 0 saturated carbocycles. The van der Waals surface area contributed by atoms with E-state index in [0.717, 1.165) is 31.2 Å². The van der Waals surface area contributed by atoms with Crippen LogP contribution in [0.15, 0.2) is 59.5 Å². The van der Waals surface area contributed by atoms with Crippen molar-refractivity contribution < 1.29 is 18.8 Å². The maximum Gasteiger partial charge on any atom is 0.230 e. The van der Waals surface area contributed by atoms with Crippen LogP contribution in [0.1, 0.15) is 18.5 Å². The van der Waals surface area contributed by atoms with Crippen molar-refractivity contribution in [1.82, 2.24) is 5.32 Å². The highest BCUT2D eigenvalue weighted by Crippen LogP contribution is 2.18. The Morgan fingerprint density at radius 3 is 2.48 bits per heavy atom. The van der Waals surface area contributed by atoms with Gasteiger partial charge in [-0.3, -0.25) is 4.79 Å². The molecule has 4 nitrogen and oxygen atoms in total. The van der Waals surface area contributed by atoms with Crippen molar-refractivity contribution in [2.24, 2.45) is 0 Å². The number of amides is 1. The van der Waals surface area contributed by atoms with Gasteiger partial charge >= 0.3 is 0 Å². The van der Waals surface area contributed by atoms with Crippen molar-refractivity contribution in [2.45, 2.75) is 23.9 Å². The number of morpholine rings is 1. The Morgan fingerprint density at radius 2 is 1.81 bits per heavy atom. The van der Waals surface area contributed by atoms with Gasteiger partial charge in [-0.25, -0.2) is 4.39 Å². The molecule has 0 spiro atoms. The monoisotopic (exact) mass is 389 g/mol. The summed E-state index contributed by atoms with van der Waals surface area (Å²) in [5.74, 6) is 0.0395. The number of quaternary nitrogens is 1. The van der Waals surface area contributed by atoms with Crippen molar-refractivity contribution in [3.05, 3.63) is 66.0 Å². The van der Waals surface area contributed by atoms with E-state index in [-0.39, 0.29) is 23.8 Å². The number of thioether (sulfide) groups is 1. The summed E-state index contributed by atoms with van der Waals surface area (Å²) in [5, 5.41) is 3.16. The lowest BCUT2D eigenvalue weighted by Gasteiger charge is -2.35. The molecule has 0 bridgehead atoms. The first-order valence-electron chi connectivity index (χ1n) is 9.28. The number of benzene rings is 2. The molecule has 2 aromatic rings. The molecule has 1 amide bonds. The molecule has 2 N–H and O–H groups in total. The molecule has 0 aliphatic carbocycles. The van der Waals surface area contributed by atoms with Gasteiger partial charge in [0.25, 0.3) is 0 Å². The number of halogens is 1. The Bertz CT molecular complexity index is 721. The fraction of sp³-hybridized carbons (Fsp3) is 0.381. The normalized spacial score (nSPS) is 17.3. The molecule has 1 heterocycles. The molecule has 0 radical (unpaired) electrons. The SMILES string of the molecule is C[C@@H](NC(=O)CSc1ccc(F)cc1)[C@@H](c1ccccc1)[NH+]1CCOCC1. The largest absolute Gasteiger partial charge is 0.370 e. The zero-order valence-electron chi connectivity index (χ0n) is 15.5. The maximum atomic E-state index is 13.0. The highest BCUT2D eigenvalue weighted by Gasteiger charge is 2.32. The number of rotatable bonds is 7. The Labute approximate surface area is 164 Å².